The maximum Gasteiger partial charge on any atom is 0.303 e. The molecule has 30 heavy (non-hydrogen) atoms. The van der Waals surface area contributed by atoms with E-state index in [-0.39, 0.29) is 18.3 Å². The molecule has 1 aromatic carbocycles. The van der Waals surface area contributed by atoms with Crippen molar-refractivity contribution in [2.45, 2.75) is 88.9 Å². The molecule has 170 valence electrons. The lowest BCUT2D eigenvalue weighted by molar-refractivity contribution is -0.137. The van der Waals surface area contributed by atoms with E-state index in [4.69, 9.17) is 9.84 Å². The molecular formula is C24H38O6. The van der Waals surface area contributed by atoms with Gasteiger partial charge >= 0.3 is 5.97 Å². The summed E-state index contributed by atoms with van der Waals surface area (Å²) in [6, 6.07) is 7.86. The summed E-state index contributed by atoms with van der Waals surface area (Å²) in [6.07, 6.45) is 6.24. The monoisotopic (exact) mass is 422 g/mol. The molecule has 6 nitrogen and oxygen atoms in total. The van der Waals surface area contributed by atoms with Gasteiger partial charge in [-0.25, -0.2) is 0 Å². The smallest absolute Gasteiger partial charge is 0.303 e. The van der Waals surface area contributed by atoms with Gasteiger partial charge in [-0.05, 0) is 74.5 Å². The van der Waals surface area contributed by atoms with Crippen molar-refractivity contribution in [1.82, 2.24) is 0 Å². The van der Waals surface area contributed by atoms with Gasteiger partial charge in [0.2, 0.25) is 0 Å². The Kier molecular flexibility index (Phi) is 10.6. The second kappa shape index (κ2) is 12.9. The lowest BCUT2D eigenvalue weighted by Crippen LogP contribution is -2.24. The molecule has 2 unspecified atom stereocenters. The van der Waals surface area contributed by atoms with E-state index < -0.39 is 24.3 Å². The number of carboxylic acid groups (broad SMARTS) is 1. The standard InChI is InChI=1S/C24H38O6/c1-30-19-8-6-7-17(15-19)11-12-18(25)13-14-21-20(22(26)16-23(21)27)9-4-2-3-5-10-24(28)29/h6-8,15,18,20-23,25-27H,2-5,9-14,16H2,1H3,(H,28,29)/t18-,20?,21?,22-,23+/m0/s1. The number of aryl methyl sites for hydroxylation is 1. The Hall–Kier alpha value is -1.63. The van der Waals surface area contributed by atoms with Crippen molar-refractivity contribution < 1.29 is 30.0 Å². The van der Waals surface area contributed by atoms with Crippen LogP contribution in [-0.4, -0.2) is 51.8 Å². The average molecular weight is 423 g/mol. The van der Waals surface area contributed by atoms with Crippen molar-refractivity contribution >= 4 is 5.97 Å². The van der Waals surface area contributed by atoms with Crippen LogP contribution in [0.1, 0.15) is 69.8 Å². The van der Waals surface area contributed by atoms with Crippen LogP contribution in [0.4, 0.5) is 0 Å². The van der Waals surface area contributed by atoms with Gasteiger partial charge in [-0.1, -0.05) is 31.4 Å². The Morgan fingerprint density at radius 3 is 2.47 bits per heavy atom. The van der Waals surface area contributed by atoms with Crippen LogP contribution in [0.15, 0.2) is 24.3 Å². The third-order valence-corrected chi connectivity index (χ3v) is 6.43. The first-order valence-electron chi connectivity index (χ1n) is 11.3. The Morgan fingerprint density at radius 1 is 1.07 bits per heavy atom. The molecule has 0 radical (unpaired) electrons. The van der Waals surface area contributed by atoms with Crippen molar-refractivity contribution in [3.8, 4) is 5.75 Å². The largest absolute Gasteiger partial charge is 0.497 e. The van der Waals surface area contributed by atoms with Crippen LogP contribution in [0.2, 0.25) is 0 Å². The number of hydrogen-bond donors (Lipinski definition) is 4. The number of benzene rings is 1. The molecular weight excluding hydrogens is 384 g/mol. The van der Waals surface area contributed by atoms with Crippen LogP contribution in [0, 0.1) is 11.8 Å². The zero-order valence-electron chi connectivity index (χ0n) is 18.1. The lowest BCUT2D eigenvalue weighted by Gasteiger charge is -2.24. The third kappa shape index (κ3) is 8.25. The minimum atomic E-state index is -0.755. The van der Waals surface area contributed by atoms with Gasteiger partial charge in [0.05, 0.1) is 25.4 Å². The molecule has 0 aromatic heterocycles. The van der Waals surface area contributed by atoms with E-state index in [1.54, 1.807) is 7.11 Å². The molecule has 4 N–H and O–H groups in total. The van der Waals surface area contributed by atoms with Crippen molar-refractivity contribution in [1.29, 1.82) is 0 Å². The summed E-state index contributed by atoms with van der Waals surface area (Å²) < 4.78 is 5.23. The summed E-state index contributed by atoms with van der Waals surface area (Å²) in [5.41, 5.74) is 1.13. The second-order valence-electron chi connectivity index (χ2n) is 8.67. The zero-order valence-corrected chi connectivity index (χ0v) is 18.1. The summed E-state index contributed by atoms with van der Waals surface area (Å²) >= 11 is 0. The quantitative estimate of drug-likeness (QED) is 0.342. The molecule has 0 bridgehead atoms. The minimum absolute atomic E-state index is 0.0190. The molecule has 5 atom stereocenters. The topological polar surface area (TPSA) is 107 Å². The average Bonchev–Trinajstić information content (AvgIpc) is 2.99. The Labute approximate surface area is 179 Å². The van der Waals surface area contributed by atoms with Crippen molar-refractivity contribution in [3.05, 3.63) is 29.8 Å². The molecule has 1 saturated carbocycles. The highest BCUT2D eigenvalue weighted by Crippen LogP contribution is 2.39. The van der Waals surface area contributed by atoms with Crippen LogP contribution in [0.5, 0.6) is 5.75 Å². The number of ether oxygens (including phenoxy) is 1. The minimum Gasteiger partial charge on any atom is -0.497 e. The number of aliphatic carboxylic acids is 1. The lowest BCUT2D eigenvalue weighted by atomic mass is 9.84. The van der Waals surface area contributed by atoms with Gasteiger partial charge in [-0.2, -0.15) is 0 Å². The first-order chi connectivity index (χ1) is 14.4. The highest BCUT2D eigenvalue weighted by atomic mass is 16.5. The van der Waals surface area contributed by atoms with Gasteiger partial charge in [0, 0.05) is 6.42 Å². The van der Waals surface area contributed by atoms with E-state index in [1.807, 2.05) is 24.3 Å². The van der Waals surface area contributed by atoms with Crippen molar-refractivity contribution in [2.24, 2.45) is 11.8 Å². The maximum absolute atomic E-state index is 10.6. The number of carboxylic acids is 1. The highest BCUT2D eigenvalue weighted by Gasteiger charge is 2.40. The number of hydrogen-bond acceptors (Lipinski definition) is 5. The molecule has 0 heterocycles. The maximum atomic E-state index is 10.6. The van der Waals surface area contributed by atoms with E-state index in [0.717, 1.165) is 43.4 Å². The van der Waals surface area contributed by atoms with Crippen LogP contribution >= 0.6 is 0 Å². The molecule has 0 spiro atoms. The number of carbonyl (C=O) groups is 1. The fourth-order valence-electron chi connectivity index (χ4n) is 4.68. The third-order valence-electron chi connectivity index (χ3n) is 6.43. The van der Waals surface area contributed by atoms with Gasteiger partial charge < -0.3 is 25.2 Å². The molecule has 1 aliphatic rings. The van der Waals surface area contributed by atoms with Crippen LogP contribution in [-0.2, 0) is 11.2 Å². The van der Waals surface area contributed by atoms with E-state index in [1.165, 1.54) is 0 Å². The van der Waals surface area contributed by atoms with E-state index in [2.05, 4.69) is 0 Å². The molecule has 2 rings (SSSR count). The van der Waals surface area contributed by atoms with Gasteiger partial charge in [0.1, 0.15) is 5.75 Å². The first-order valence-corrected chi connectivity index (χ1v) is 11.3. The first kappa shape index (κ1) is 24.6. The fraction of sp³-hybridized carbons (Fsp3) is 0.708. The molecule has 6 heteroatoms. The summed E-state index contributed by atoms with van der Waals surface area (Å²) in [4.78, 5) is 10.6. The van der Waals surface area contributed by atoms with Gasteiger partial charge in [0.15, 0.2) is 0 Å². The second-order valence-corrected chi connectivity index (χ2v) is 8.67. The van der Waals surface area contributed by atoms with E-state index in [0.29, 0.717) is 32.1 Å². The molecule has 1 aliphatic carbocycles. The summed E-state index contributed by atoms with van der Waals surface area (Å²) in [5, 5.41) is 39.9. The summed E-state index contributed by atoms with van der Waals surface area (Å²) in [5.74, 6) is 0.140. The number of aliphatic hydroxyl groups excluding tert-OH is 3. The Balaban J connectivity index is 1.72. The van der Waals surface area contributed by atoms with Crippen LogP contribution in [0.3, 0.4) is 0 Å². The SMILES string of the molecule is COc1cccc(CC[C@H](O)CCC2C(CCCCCCC(=O)O)[C@@H](O)C[C@H]2O)c1. The number of unbranched alkanes of at least 4 members (excludes halogenated alkanes) is 3. The highest BCUT2D eigenvalue weighted by molar-refractivity contribution is 5.66. The van der Waals surface area contributed by atoms with E-state index in [9.17, 15) is 20.1 Å². The predicted octanol–water partition coefficient (Wildman–Crippen LogP) is 3.55. The van der Waals surface area contributed by atoms with Crippen molar-refractivity contribution in [2.75, 3.05) is 7.11 Å². The zero-order chi connectivity index (χ0) is 21.9. The van der Waals surface area contributed by atoms with Gasteiger partial charge in [-0.15, -0.1) is 0 Å². The predicted molar refractivity (Wildman–Crippen MR) is 116 cm³/mol. The molecule has 0 saturated heterocycles. The van der Waals surface area contributed by atoms with Crippen molar-refractivity contribution in [3.63, 3.8) is 0 Å². The Morgan fingerprint density at radius 2 is 1.77 bits per heavy atom. The normalized spacial score (nSPS) is 24.7. The van der Waals surface area contributed by atoms with Gasteiger partial charge in [-0.3, -0.25) is 4.79 Å². The number of rotatable bonds is 14. The number of methoxy groups -OCH3 is 1. The van der Waals surface area contributed by atoms with Crippen LogP contribution < -0.4 is 4.74 Å². The molecule has 1 aromatic rings. The van der Waals surface area contributed by atoms with Gasteiger partial charge in [0.25, 0.3) is 0 Å². The van der Waals surface area contributed by atoms with Crippen LogP contribution in [0.25, 0.3) is 0 Å². The molecule has 0 amide bonds. The summed E-state index contributed by atoms with van der Waals surface area (Å²) in [7, 11) is 1.64. The number of aliphatic hydroxyl groups is 3. The van der Waals surface area contributed by atoms with E-state index >= 15 is 0 Å². The Bertz CT molecular complexity index is 634. The molecule has 1 fully saturated rings. The fourth-order valence-corrected chi connectivity index (χ4v) is 4.68. The summed E-state index contributed by atoms with van der Waals surface area (Å²) in [6.45, 7) is 0. The molecule has 0 aliphatic heterocycles.